The van der Waals surface area contributed by atoms with Gasteiger partial charge in [-0.25, -0.2) is 9.97 Å². The summed E-state index contributed by atoms with van der Waals surface area (Å²) in [5.41, 5.74) is 1.23. The number of hydrogen-bond acceptors (Lipinski definition) is 5. The van der Waals surface area contributed by atoms with Crippen molar-refractivity contribution in [3.63, 3.8) is 0 Å². The normalized spacial score (nSPS) is 19.4. The van der Waals surface area contributed by atoms with Crippen molar-refractivity contribution in [3.05, 3.63) is 17.5 Å². The van der Waals surface area contributed by atoms with Gasteiger partial charge in [-0.3, -0.25) is 9.59 Å². The Morgan fingerprint density at radius 3 is 2.44 bits per heavy atom. The molecule has 7 heteroatoms. The molecule has 2 amide bonds. The summed E-state index contributed by atoms with van der Waals surface area (Å²) in [6.45, 7) is 4.14. The molecule has 1 saturated carbocycles. The van der Waals surface area contributed by atoms with Crippen LogP contribution in [0, 0.1) is 6.92 Å². The number of anilines is 1. The fraction of sp³-hybridized carbons (Fsp3) is 0.667. The van der Waals surface area contributed by atoms with Gasteiger partial charge in [-0.05, 0) is 25.8 Å². The number of nitrogens with one attached hydrogen (secondary N) is 1. The number of carbonyl (C=O) groups is 2. The zero-order valence-electron chi connectivity index (χ0n) is 14.9. The first-order valence-electron chi connectivity index (χ1n) is 9.26. The minimum absolute atomic E-state index is 0.0834. The van der Waals surface area contributed by atoms with Crippen LogP contribution in [0.15, 0.2) is 6.07 Å². The molecule has 0 bridgehead atoms. The van der Waals surface area contributed by atoms with Gasteiger partial charge in [-0.2, -0.15) is 0 Å². The van der Waals surface area contributed by atoms with Gasteiger partial charge in [0.05, 0.1) is 0 Å². The maximum absolute atomic E-state index is 12.7. The van der Waals surface area contributed by atoms with Gasteiger partial charge in [0.15, 0.2) is 0 Å². The number of piperazine rings is 1. The SMILES string of the molecule is Cc1cc(C(=O)N2CCN(C=O)CC2)nc(NC2CCCCCC2)n1. The first kappa shape index (κ1) is 17.6. The van der Waals surface area contributed by atoms with Crippen molar-refractivity contribution in [2.24, 2.45) is 0 Å². The van der Waals surface area contributed by atoms with E-state index in [9.17, 15) is 9.59 Å². The molecule has 136 valence electrons. The van der Waals surface area contributed by atoms with E-state index in [1.807, 2.05) is 6.92 Å². The van der Waals surface area contributed by atoms with E-state index in [1.165, 1.54) is 25.7 Å². The van der Waals surface area contributed by atoms with E-state index in [0.29, 0.717) is 43.9 Å². The fourth-order valence-electron chi connectivity index (χ4n) is 3.54. The van der Waals surface area contributed by atoms with Gasteiger partial charge in [-0.1, -0.05) is 25.7 Å². The lowest BCUT2D eigenvalue weighted by molar-refractivity contribution is -0.119. The molecule has 0 atom stereocenters. The van der Waals surface area contributed by atoms with Crippen LogP contribution in [-0.2, 0) is 4.79 Å². The molecule has 1 N–H and O–H groups in total. The minimum atomic E-state index is -0.0834. The number of nitrogens with zero attached hydrogens (tertiary/aromatic N) is 4. The lowest BCUT2D eigenvalue weighted by Gasteiger charge is -2.32. The summed E-state index contributed by atoms with van der Waals surface area (Å²) in [6.07, 6.45) is 8.16. The maximum atomic E-state index is 12.7. The van der Waals surface area contributed by atoms with Crippen molar-refractivity contribution in [2.75, 3.05) is 31.5 Å². The van der Waals surface area contributed by atoms with E-state index in [2.05, 4.69) is 15.3 Å². The van der Waals surface area contributed by atoms with E-state index in [0.717, 1.165) is 24.9 Å². The predicted octanol–water partition coefficient (Wildman–Crippen LogP) is 1.83. The molecule has 0 radical (unpaired) electrons. The molecule has 0 unspecified atom stereocenters. The Morgan fingerprint density at radius 2 is 1.80 bits per heavy atom. The monoisotopic (exact) mass is 345 g/mol. The summed E-state index contributed by atoms with van der Waals surface area (Å²) >= 11 is 0. The molecular formula is C18H27N5O2. The van der Waals surface area contributed by atoms with Crippen molar-refractivity contribution in [1.29, 1.82) is 0 Å². The topological polar surface area (TPSA) is 78.4 Å². The molecule has 25 heavy (non-hydrogen) atoms. The first-order chi connectivity index (χ1) is 12.2. The van der Waals surface area contributed by atoms with Crippen LogP contribution in [-0.4, -0.2) is 64.3 Å². The smallest absolute Gasteiger partial charge is 0.272 e. The molecule has 2 heterocycles. The lowest BCUT2D eigenvalue weighted by atomic mass is 10.1. The van der Waals surface area contributed by atoms with E-state index >= 15 is 0 Å². The Morgan fingerprint density at radius 1 is 1.12 bits per heavy atom. The van der Waals surface area contributed by atoms with Crippen LogP contribution < -0.4 is 5.32 Å². The van der Waals surface area contributed by atoms with Gasteiger partial charge < -0.3 is 15.1 Å². The highest BCUT2D eigenvalue weighted by atomic mass is 16.2. The number of amides is 2. The average molecular weight is 345 g/mol. The molecular weight excluding hydrogens is 318 g/mol. The second-order valence-electron chi connectivity index (χ2n) is 6.98. The lowest BCUT2D eigenvalue weighted by Crippen LogP contribution is -2.48. The molecule has 1 aromatic heterocycles. The van der Waals surface area contributed by atoms with Crippen LogP contribution in [0.5, 0.6) is 0 Å². The Kier molecular flexibility index (Phi) is 5.83. The van der Waals surface area contributed by atoms with Crippen LogP contribution in [0.4, 0.5) is 5.95 Å². The number of aromatic nitrogens is 2. The molecule has 2 fully saturated rings. The molecule has 3 rings (SSSR count). The van der Waals surface area contributed by atoms with Crippen molar-refractivity contribution < 1.29 is 9.59 Å². The summed E-state index contributed by atoms with van der Waals surface area (Å²) in [4.78, 5) is 35.9. The van der Waals surface area contributed by atoms with Gasteiger partial charge in [0.25, 0.3) is 5.91 Å². The minimum Gasteiger partial charge on any atom is -0.351 e. The third kappa shape index (κ3) is 4.67. The molecule has 7 nitrogen and oxygen atoms in total. The molecule has 1 aliphatic heterocycles. The quantitative estimate of drug-likeness (QED) is 0.665. The third-order valence-corrected chi connectivity index (χ3v) is 5.01. The summed E-state index contributed by atoms with van der Waals surface area (Å²) in [5.74, 6) is 0.474. The summed E-state index contributed by atoms with van der Waals surface area (Å²) in [7, 11) is 0. The van der Waals surface area contributed by atoms with Gasteiger partial charge in [0.1, 0.15) is 5.69 Å². The van der Waals surface area contributed by atoms with E-state index in [1.54, 1.807) is 15.9 Å². The zero-order chi connectivity index (χ0) is 17.6. The number of carbonyl (C=O) groups excluding carboxylic acids is 2. The van der Waals surface area contributed by atoms with Crippen molar-refractivity contribution in [2.45, 2.75) is 51.5 Å². The van der Waals surface area contributed by atoms with Crippen LogP contribution >= 0.6 is 0 Å². The van der Waals surface area contributed by atoms with E-state index < -0.39 is 0 Å². The van der Waals surface area contributed by atoms with Crippen molar-refractivity contribution >= 4 is 18.3 Å². The Hall–Kier alpha value is -2.18. The first-order valence-corrected chi connectivity index (χ1v) is 9.26. The number of hydrogen-bond donors (Lipinski definition) is 1. The van der Waals surface area contributed by atoms with Gasteiger partial charge in [0, 0.05) is 37.9 Å². The summed E-state index contributed by atoms with van der Waals surface area (Å²) in [6, 6.07) is 2.13. The van der Waals surface area contributed by atoms with Crippen molar-refractivity contribution in [1.82, 2.24) is 19.8 Å². The molecule has 0 spiro atoms. The molecule has 0 aromatic carbocycles. The second-order valence-corrected chi connectivity index (χ2v) is 6.98. The molecule has 2 aliphatic rings. The third-order valence-electron chi connectivity index (χ3n) is 5.01. The van der Waals surface area contributed by atoms with E-state index in [-0.39, 0.29) is 5.91 Å². The average Bonchev–Trinajstić information content (AvgIpc) is 2.89. The maximum Gasteiger partial charge on any atom is 0.272 e. The van der Waals surface area contributed by atoms with Gasteiger partial charge in [-0.15, -0.1) is 0 Å². The highest BCUT2D eigenvalue weighted by Gasteiger charge is 2.23. The van der Waals surface area contributed by atoms with Crippen LogP contribution in [0.2, 0.25) is 0 Å². The largest absolute Gasteiger partial charge is 0.351 e. The molecule has 1 aromatic rings. The van der Waals surface area contributed by atoms with Gasteiger partial charge in [0.2, 0.25) is 12.4 Å². The predicted molar refractivity (Wildman–Crippen MR) is 95.4 cm³/mol. The Bertz CT molecular complexity index is 605. The fourth-order valence-corrected chi connectivity index (χ4v) is 3.54. The standard InChI is InChI=1S/C18H27N5O2/c1-14-12-16(17(25)23-10-8-22(13-24)9-11-23)21-18(19-14)20-15-6-4-2-3-5-7-15/h12-13,15H,2-11H2,1H3,(H,19,20,21). The summed E-state index contributed by atoms with van der Waals surface area (Å²) < 4.78 is 0. The highest BCUT2D eigenvalue weighted by Crippen LogP contribution is 2.20. The molecule has 1 aliphatic carbocycles. The van der Waals surface area contributed by atoms with Crippen molar-refractivity contribution in [3.8, 4) is 0 Å². The summed E-state index contributed by atoms with van der Waals surface area (Å²) in [5, 5.41) is 3.43. The Balaban J connectivity index is 1.68. The van der Waals surface area contributed by atoms with Crippen LogP contribution in [0.1, 0.15) is 54.7 Å². The molecule has 1 saturated heterocycles. The second kappa shape index (κ2) is 8.27. The van der Waals surface area contributed by atoms with Gasteiger partial charge >= 0.3 is 0 Å². The highest BCUT2D eigenvalue weighted by molar-refractivity contribution is 5.92. The number of rotatable bonds is 4. The van der Waals surface area contributed by atoms with E-state index in [4.69, 9.17) is 0 Å². The zero-order valence-corrected chi connectivity index (χ0v) is 14.9. The van der Waals surface area contributed by atoms with Crippen LogP contribution in [0.3, 0.4) is 0 Å². The number of aryl methyl sites for hydroxylation is 1. The Labute approximate surface area is 148 Å². The van der Waals surface area contributed by atoms with Crippen LogP contribution in [0.25, 0.3) is 0 Å².